The lowest BCUT2D eigenvalue weighted by Crippen LogP contribution is -1.88. The Hall–Kier alpha value is -1.58. The summed E-state index contributed by atoms with van der Waals surface area (Å²) in [6, 6.07) is 2.00. The van der Waals surface area contributed by atoms with Crippen molar-refractivity contribution in [1.82, 2.24) is 15.2 Å². The van der Waals surface area contributed by atoms with Gasteiger partial charge in [-0.1, -0.05) is 0 Å². The van der Waals surface area contributed by atoms with E-state index in [1.807, 2.05) is 19.9 Å². The van der Waals surface area contributed by atoms with E-state index in [-0.39, 0.29) is 0 Å². The van der Waals surface area contributed by atoms with Gasteiger partial charge >= 0.3 is 0 Å². The topological polar surface area (TPSA) is 67.6 Å². The highest BCUT2D eigenvalue weighted by Crippen LogP contribution is 2.18. The van der Waals surface area contributed by atoms with Crippen LogP contribution in [0.5, 0.6) is 0 Å². The van der Waals surface area contributed by atoms with Crippen LogP contribution in [0.15, 0.2) is 6.07 Å². The third-order valence-electron chi connectivity index (χ3n) is 2.02. The molecule has 0 amide bonds. The molecule has 0 saturated carbocycles. The Morgan fingerprint density at radius 1 is 1.42 bits per heavy atom. The lowest BCUT2D eigenvalue weighted by Gasteiger charge is -1.97. The standard InChI is InChI=1S/C8H10N4/c1-4-3-6-7(9)11-12-8(6)10-5(4)2/h3H,1-2H3,(H3,9,10,11,12). The van der Waals surface area contributed by atoms with E-state index >= 15 is 0 Å². The number of nitrogens with one attached hydrogen (secondary N) is 1. The Balaban J connectivity index is 2.87. The smallest absolute Gasteiger partial charge is 0.183 e. The molecule has 0 atom stereocenters. The molecule has 2 aromatic heterocycles. The summed E-state index contributed by atoms with van der Waals surface area (Å²) in [5.74, 6) is 0.584. The zero-order valence-electron chi connectivity index (χ0n) is 7.05. The van der Waals surface area contributed by atoms with Crippen LogP contribution in [0, 0.1) is 13.8 Å². The molecule has 0 bridgehead atoms. The first-order chi connectivity index (χ1) is 5.68. The average Bonchev–Trinajstić information content (AvgIpc) is 2.35. The lowest BCUT2D eigenvalue weighted by molar-refractivity contribution is 1.09. The number of pyridine rings is 1. The number of fused-ring (bicyclic) bond motifs is 1. The maximum Gasteiger partial charge on any atom is 0.183 e. The molecule has 2 aromatic rings. The highest BCUT2D eigenvalue weighted by atomic mass is 15.2. The molecular weight excluding hydrogens is 152 g/mol. The highest BCUT2D eigenvalue weighted by Gasteiger charge is 2.04. The summed E-state index contributed by atoms with van der Waals surface area (Å²) in [5.41, 5.74) is 8.46. The van der Waals surface area contributed by atoms with Gasteiger partial charge in [-0.15, -0.1) is 0 Å². The summed E-state index contributed by atoms with van der Waals surface area (Å²) in [6.07, 6.45) is 0. The maximum absolute atomic E-state index is 5.64. The van der Waals surface area contributed by atoms with Gasteiger partial charge in [0.2, 0.25) is 0 Å². The molecule has 0 aliphatic rings. The second-order valence-corrected chi connectivity index (χ2v) is 2.90. The van der Waals surface area contributed by atoms with Crippen LogP contribution in [0.2, 0.25) is 0 Å². The van der Waals surface area contributed by atoms with Gasteiger partial charge in [-0.2, -0.15) is 5.10 Å². The second kappa shape index (κ2) is 2.20. The zero-order valence-corrected chi connectivity index (χ0v) is 7.05. The van der Waals surface area contributed by atoms with Gasteiger partial charge in [-0.05, 0) is 25.5 Å². The summed E-state index contributed by atoms with van der Waals surface area (Å²) in [5, 5.41) is 7.56. The molecule has 4 heteroatoms. The van der Waals surface area contributed by atoms with Crippen molar-refractivity contribution in [3.05, 3.63) is 17.3 Å². The van der Waals surface area contributed by atoms with Gasteiger partial charge in [0.1, 0.15) is 5.82 Å². The van der Waals surface area contributed by atoms with Crippen molar-refractivity contribution < 1.29 is 0 Å². The Morgan fingerprint density at radius 2 is 2.17 bits per heavy atom. The Bertz CT molecular complexity index is 430. The number of H-pyrrole nitrogens is 1. The third-order valence-corrected chi connectivity index (χ3v) is 2.02. The van der Waals surface area contributed by atoms with E-state index in [4.69, 9.17) is 5.73 Å². The number of anilines is 1. The van der Waals surface area contributed by atoms with Gasteiger partial charge < -0.3 is 5.73 Å². The molecule has 0 aromatic carbocycles. The van der Waals surface area contributed by atoms with Crippen LogP contribution in [0.3, 0.4) is 0 Å². The summed E-state index contributed by atoms with van der Waals surface area (Å²) >= 11 is 0. The fourth-order valence-corrected chi connectivity index (χ4v) is 1.15. The number of aryl methyl sites for hydroxylation is 2. The molecule has 0 saturated heterocycles. The monoisotopic (exact) mass is 162 g/mol. The number of aromatic nitrogens is 3. The summed E-state index contributed by atoms with van der Waals surface area (Å²) in [6.45, 7) is 3.97. The number of rotatable bonds is 0. The molecule has 0 radical (unpaired) electrons. The molecule has 2 rings (SSSR count). The first-order valence-corrected chi connectivity index (χ1v) is 3.76. The fraction of sp³-hybridized carbons (Fsp3) is 0.250. The van der Waals surface area contributed by atoms with Crippen molar-refractivity contribution in [3.63, 3.8) is 0 Å². The molecule has 4 nitrogen and oxygen atoms in total. The third kappa shape index (κ3) is 0.845. The van der Waals surface area contributed by atoms with Crippen molar-refractivity contribution in [2.75, 3.05) is 5.73 Å². The van der Waals surface area contributed by atoms with Crippen LogP contribution >= 0.6 is 0 Å². The van der Waals surface area contributed by atoms with Crippen LogP contribution in [-0.4, -0.2) is 15.2 Å². The number of hydrogen-bond acceptors (Lipinski definition) is 3. The van der Waals surface area contributed by atoms with Crippen LogP contribution in [0.1, 0.15) is 11.3 Å². The van der Waals surface area contributed by atoms with Gasteiger partial charge in [0.05, 0.1) is 5.39 Å². The van der Waals surface area contributed by atoms with E-state index in [1.54, 1.807) is 0 Å². The summed E-state index contributed by atoms with van der Waals surface area (Å²) in [7, 11) is 0. The molecular formula is C8H10N4. The maximum atomic E-state index is 5.64. The molecule has 0 fully saturated rings. The summed E-state index contributed by atoms with van der Waals surface area (Å²) in [4.78, 5) is 4.27. The van der Waals surface area contributed by atoms with Crippen LogP contribution < -0.4 is 5.73 Å². The Morgan fingerprint density at radius 3 is 2.92 bits per heavy atom. The van der Waals surface area contributed by atoms with Gasteiger partial charge in [0.15, 0.2) is 5.65 Å². The molecule has 62 valence electrons. The molecule has 0 unspecified atom stereocenters. The SMILES string of the molecule is Cc1cc2c(N)[nH]nc2nc1C. The predicted molar refractivity (Wildman–Crippen MR) is 47.8 cm³/mol. The van der Waals surface area contributed by atoms with E-state index in [0.29, 0.717) is 11.5 Å². The van der Waals surface area contributed by atoms with Crippen molar-refractivity contribution in [2.24, 2.45) is 0 Å². The second-order valence-electron chi connectivity index (χ2n) is 2.90. The van der Waals surface area contributed by atoms with E-state index in [1.165, 1.54) is 0 Å². The minimum absolute atomic E-state index is 0.584. The average molecular weight is 162 g/mol. The number of nitrogens with two attached hydrogens (primary N) is 1. The predicted octanol–water partition coefficient (Wildman–Crippen LogP) is 1.16. The largest absolute Gasteiger partial charge is 0.384 e. The van der Waals surface area contributed by atoms with Crippen LogP contribution in [-0.2, 0) is 0 Å². The van der Waals surface area contributed by atoms with Crippen LogP contribution in [0.25, 0.3) is 11.0 Å². The van der Waals surface area contributed by atoms with E-state index < -0.39 is 0 Å². The Labute approximate surface area is 69.8 Å². The van der Waals surface area contributed by atoms with E-state index in [2.05, 4.69) is 15.2 Å². The van der Waals surface area contributed by atoms with Crippen molar-refractivity contribution in [2.45, 2.75) is 13.8 Å². The van der Waals surface area contributed by atoms with Gasteiger partial charge in [0, 0.05) is 5.69 Å². The normalized spacial score (nSPS) is 10.8. The molecule has 12 heavy (non-hydrogen) atoms. The number of hydrogen-bond donors (Lipinski definition) is 2. The molecule has 3 N–H and O–H groups in total. The minimum atomic E-state index is 0.584. The van der Waals surface area contributed by atoms with E-state index in [9.17, 15) is 0 Å². The number of nitrogens with zero attached hydrogens (tertiary/aromatic N) is 2. The lowest BCUT2D eigenvalue weighted by atomic mass is 10.2. The fourth-order valence-electron chi connectivity index (χ4n) is 1.15. The zero-order chi connectivity index (χ0) is 8.72. The molecule has 0 spiro atoms. The highest BCUT2D eigenvalue weighted by molar-refractivity contribution is 5.86. The molecule has 0 aliphatic heterocycles. The number of nitrogen functional groups attached to an aromatic ring is 1. The van der Waals surface area contributed by atoms with Gasteiger partial charge in [-0.3, -0.25) is 5.10 Å². The molecule has 0 aliphatic carbocycles. The van der Waals surface area contributed by atoms with Gasteiger partial charge in [-0.25, -0.2) is 4.98 Å². The first kappa shape index (κ1) is 7.09. The van der Waals surface area contributed by atoms with Crippen molar-refractivity contribution >= 4 is 16.9 Å². The molecule has 2 heterocycles. The van der Waals surface area contributed by atoms with Crippen molar-refractivity contribution in [1.29, 1.82) is 0 Å². The summed E-state index contributed by atoms with van der Waals surface area (Å²) < 4.78 is 0. The number of aromatic amines is 1. The Kier molecular flexibility index (Phi) is 1.30. The van der Waals surface area contributed by atoms with Crippen LogP contribution in [0.4, 0.5) is 5.82 Å². The first-order valence-electron chi connectivity index (χ1n) is 3.76. The van der Waals surface area contributed by atoms with Gasteiger partial charge in [0.25, 0.3) is 0 Å². The minimum Gasteiger partial charge on any atom is -0.384 e. The quantitative estimate of drug-likeness (QED) is 0.610. The van der Waals surface area contributed by atoms with E-state index in [0.717, 1.165) is 16.6 Å². The van der Waals surface area contributed by atoms with Crippen molar-refractivity contribution in [3.8, 4) is 0 Å².